The second-order valence-electron chi connectivity index (χ2n) is 11.9. The molecule has 14 nitrogen and oxygen atoms in total. The van der Waals surface area contributed by atoms with Crippen LogP contribution in [-0.2, 0) is 50.7 Å². The van der Waals surface area contributed by atoms with E-state index in [1.165, 1.54) is 47.3 Å². The second kappa shape index (κ2) is 20.1. The number of hydrogen-bond acceptors (Lipinski definition) is 13. The molecule has 2 aromatic carbocycles. The summed E-state index contributed by atoms with van der Waals surface area (Å²) in [5.41, 5.74) is -1.62. The maximum Gasteiger partial charge on any atom is 0.512 e. The van der Waals surface area contributed by atoms with Gasteiger partial charge in [-0.1, -0.05) is 30.7 Å². The van der Waals surface area contributed by atoms with E-state index in [1.807, 2.05) is 6.07 Å². The Morgan fingerprint density at radius 1 is 1.11 bits per heavy atom. The van der Waals surface area contributed by atoms with Gasteiger partial charge in [0.1, 0.15) is 30.1 Å². The molecule has 1 aliphatic heterocycles. The molecule has 1 aromatic heterocycles. The third-order valence-electron chi connectivity index (χ3n) is 7.93. The minimum absolute atomic E-state index is 0.119. The molecule has 2 atom stereocenters. The number of nitriles is 1. The standard InChI is InChI=1S/C35H37F3N4O10S2/c1-24(53-28-18-48-33(49-19-28)9-5-4-7-26-11-10-25(17-39)15-30(26)37)35(20-42-22-40-21-41-42,29-13-12-27(36)16-31(29)38)52-34(44)51-23-50-32(43)8-3-2-6-14-54(45,46)47/h4-5,7,9-13,15-16,21-22,24,28,33H,2-3,6,8,14,18-20,23H2,1H3,(H,45,46,47)/b7-4+,9-5+. The topological polar surface area (TPSA) is 189 Å². The lowest BCUT2D eigenvalue weighted by atomic mass is 9.89. The van der Waals surface area contributed by atoms with Gasteiger partial charge in [-0.3, -0.25) is 9.35 Å². The van der Waals surface area contributed by atoms with Gasteiger partial charge < -0.3 is 23.7 Å². The Morgan fingerprint density at radius 2 is 1.89 bits per heavy atom. The fourth-order valence-electron chi connectivity index (χ4n) is 5.25. The van der Waals surface area contributed by atoms with Gasteiger partial charge in [0.25, 0.3) is 10.1 Å². The molecule has 3 aromatic rings. The summed E-state index contributed by atoms with van der Waals surface area (Å²) >= 11 is 1.23. The molecule has 0 aliphatic carbocycles. The summed E-state index contributed by atoms with van der Waals surface area (Å²) < 4.78 is 103. The van der Waals surface area contributed by atoms with E-state index in [2.05, 4.69) is 10.1 Å². The lowest BCUT2D eigenvalue weighted by molar-refractivity contribution is -0.155. The quantitative estimate of drug-likeness (QED) is 0.0543. The molecule has 2 heterocycles. The fraction of sp³-hybridized carbons (Fsp3) is 0.400. The van der Waals surface area contributed by atoms with Gasteiger partial charge >= 0.3 is 12.1 Å². The summed E-state index contributed by atoms with van der Waals surface area (Å²) in [6.45, 7) is 0.804. The first-order chi connectivity index (χ1) is 25.8. The molecule has 0 amide bonds. The molecule has 2 unspecified atom stereocenters. The molecule has 4 rings (SSSR count). The van der Waals surface area contributed by atoms with Gasteiger partial charge in [0, 0.05) is 28.9 Å². The summed E-state index contributed by atoms with van der Waals surface area (Å²) in [5.74, 6) is -3.63. The zero-order valence-electron chi connectivity index (χ0n) is 28.9. The number of allylic oxidation sites excluding steroid dienone is 2. The molecular weight excluding hydrogens is 758 g/mol. The predicted octanol–water partition coefficient (Wildman–Crippen LogP) is 5.70. The van der Waals surface area contributed by atoms with Crippen LogP contribution in [0, 0.1) is 28.8 Å². The van der Waals surface area contributed by atoms with Crippen LogP contribution in [0.4, 0.5) is 18.0 Å². The van der Waals surface area contributed by atoms with Gasteiger partial charge in [0.05, 0.1) is 42.4 Å². The van der Waals surface area contributed by atoms with Gasteiger partial charge in [0.15, 0.2) is 11.9 Å². The van der Waals surface area contributed by atoms with Gasteiger partial charge in [-0.15, -0.1) is 11.8 Å². The van der Waals surface area contributed by atoms with Crippen molar-refractivity contribution in [3.05, 3.63) is 101 Å². The Bertz CT molecular complexity index is 1930. The highest BCUT2D eigenvalue weighted by molar-refractivity contribution is 8.00. The highest BCUT2D eigenvalue weighted by Crippen LogP contribution is 2.42. The van der Waals surface area contributed by atoms with Gasteiger partial charge in [-0.2, -0.15) is 18.8 Å². The molecule has 290 valence electrons. The molecule has 0 saturated carbocycles. The Balaban J connectivity index is 1.41. The van der Waals surface area contributed by atoms with E-state index in [0.717, 1.165) is 18.2 Å². The number of rotatable bonds is 18. The normalized spacial score (nSPS) is 17.9. The van der Waals surface area contributed by atoms with E-state index < -0.39 is 69.4 Å². The van der Waals surface area contributed by atoms with E-state index in [4.69, 9.17) is 33.5 Å². The van der Waals surface area contributed by atoms with Crippen molar-refractivity contribution in [2.24, 2.45) is 0 Å². The fourth-order valence-corrected chi connectivity index (χ4v) is 7.18. The molecule has 54 heavy (non-hydrogen) atoms. The molecule has 1 N–H and O–H groups in total. The number of nitrogens with zero attached hydrogens (tertiary/aromatic N) is 4. The maximum atomic E-state index is 15.6. The van der Waals surface area contributed by atoms with Crippen LogP contribution in [0.15, 0.2) is 67.3 Å². The molecule has 1 fully saturated rings. The number of carbonyl (C=O) groups excluding carboxylic acids is 2. The summed E-state index contributed by atoms with van der Waals surface area (Å²) in [7, 11) is -4.11. The van der Waals surface area contributed by atoms with Crippen molar-refractivity contribution < 1.29 is 59.4 Å². The van der Waals surface area contributed by atoms with Crippen LogP contribution in [0.5, 0.6) is 0 Å². The van der Waals surface area contributed by atoms with E-state index in [9.17, 15) is 26.8 Å². The summed E-state index contributed by atoms with van der Waals surface area (Å²) in [5, 5.41) is 11.8. The van der Waals surface area contributed by atoms with E-state index >= 15 is 4.39 Å². The van der Waals surface area contributed by atoms with Crippen molar-refractivity contribution in [3.63, 3.8) is 0 Å². The predicted molar refractivity (Wildman–Crippen MR) is 187 cm³/mol. The first kappa shape index (κ1) is 42.0. The summed E-state index contributed by atoms with van der Waals surface area (Å²) in [4.78, 5) is 29.2. The number of ether oxygens (including phenoxy) is 5. The largest absolute Gasteiger partial charge is 0.512 e. The van der Waals surface area contributed by atoms with Crippen molar-refractivity contribution in [2.45, 2.75) is 61.5 Å². The van der Waals surface area contributed by atoms with Crippen LogP contribution in [0.1, 0.15) is 49.3 Å². The van der Waals surface area contributed by atoms with Crippen molar-refractivity contribution >= 4 is 40.1 Å². The number of hydrogen-bond donors (Lipinski definition) is 1. The minimum Gasteiger partial charge on any atom is -0.428 e. The van der Waals surface area contributed by atoms with Crippen LogP contribution in [0.2, 0.25) is 0 Å². The maximum absolute atomic E-state index is 15.6. The number of aromatic nitrogens is 3. The first-order valence-corrected chi connectivity index (χ1v) is 19.0. The summed E-state index contributed by atoms with van der Waals surface area (Å²) in [6, 6.07) is 8.78. The number of esters is 1. The van der Waals surface area contributed by atoms with Crippen molar-refractivity contribution in [3.8, 4) is 6.07 Å². The zero-order valence-corrected chi connectivity index (χ0v) is 30.5. The molecule has 0 radical (unpaired) electrons. The monoisotopic (exact) mass is 794 g/mol. The Kier molecular flexibility index (Phi) is 15.6. The minimum atomic E-state index is -4.11. The smallest absolute Gasteiger partial charge is 0.428 e. The third kappa shape index (κ3) is 13.0. The van der Waals surface area contributed by atoms with Crippen LogP contribution in [0.3, 0.4) is 0 Å². The molecule has 1 aliphatic rings. The number of unbranched alkanes of at least 4 members (excludes halogenated alkanes) is 2. The lowest BCUT2D eigenvalue weighted by Gasteiger charge is -2.40. The molecule has 0 spiro atoms. The number of benzene rings is 2. The molecule has 0 bridgehead atoms. The SMILES string of the molecule is CC(SC1COC(/C=C/C=C/c2ccc(C#N)cc2F)OC1)C(Cn1cncn1)(OC(=O)OCOC(=O)CCCCCS(=O)(=O)O)c1ccc(F)cc1F. The van der Waals surface area contributed by atoms with Gasteiger partial charge in [-0.05, 0) is 50.1 Å². The molecule has 19 heteroatoms. The summed E-state index contributed by atoms with van der Waals surface area (Å²) in [6.07, 6.45) is 7.37. The van der Waals surface area contributed by atoms with Crippen molar-refractivity contribution in [1.82, 2.24) is 14.8 Å². The second-order valence-corrected chi connectivity index (χ2v) is 15.1. The molecular formula is C35H37F3N4O10S2. The lowest BCUT2D eigenvalue weighted by Crippen LogP contribution is -2.47. The van der Waals surface area contributed by atoms with Crippen molar-refractivity contribution in [1.29, 1.82) is 5.26 Å². The average molecular weight is 795 g/mol. The molecule has 1 saturated heterocycles. The van der Waals surface area contributed by atoms with Crippen LogP contribution in [0.25, 0.3) is 6.08 Å². The van der Waals surface area contributed by atoms with E-state index in [0.29, 0.717) is 12.5 Å². The van der Waals surface area contributed by atoms with Gasteiger partial charge in [0.2, 0.25) is 6.79 Å². The highest BCUT2D eigenvalue weighted by Gasteiger charge is 2.47. The average Bonchev–Trinajstić information content (AvgIpc) is 3.63. The first-order valence-electron chi connectivity index (χ1n) is 16.5. The van der Waals surface area contributed by atoms with E-state index in [1.54, 1.807) is 25.2 Å². The van der Waals surface area contributed by atoms with Gasteiger partial charge in [-0.25, -0.2) is 27.6 Å². The third-order valence-corrected chi connectivity index (χ3v) is 10.2. The van der Waals surface area contributed by atoms with Crippen LogP contribution < -0.4 is 0 Å². The van der Waals surface area contributed by atoms with E-state index in [-0.39, 0.29) is 61.0 Å². The van der Waals surface area contributed by atoms with Crippen molar-refractivity contribution in [2.75, 3.05) is 25.8 Å². The number of thioether (sulfide) groups is 1. The number of carbonyl (C=O) groups is 2. The highest BCUT2D eigenvalue weighted by atomic mass is 32.2. The Morgan fingerprint density at radius 3 is 2.56 bits per heavy atom. The Labute approximate surface area is 313 Å². The van der Waals surface area contributed by atoms with Crippen LogP contribution >= 0.6 is 11.8 Å². The van der Waals surface area contributed by atoms with Crippen LogP contribution in [-0.4, -0.2) is 82.4 Å². The number of halogens is 3. The Hall–Kier alpha value is -4.74. The zero-order chi connectivity index (χ0) is 39.1.